The first kappa shape index (κ1) is 27.9. The SMILES string of the molecule is CCCCc1nc(O)c(-c2nnc(Cc3noc4ccccc34)o2)c(=O)n1-c1c(OC(C)C)cccc1OC(C)C. The van der Waals surface area contributed by atoms with Crippen LogP contribution in [0.1, 0.15) is 64.9 Å². The predicted molar refractivity (Wildman–Crippen MR) is 152 cm³/mol. The molecule has 0 bridgehead atoms. The average molecular weight is 560 g/mol. The maximum absolute atomic E-state index is 14.2. The van der Waals surface area contributed by atoms with E-state index in [1.807, 2.05) is 65.0 Å². The van der Waals surface area contributed by atoms with Crippen molar-refractivity contribution < 1.29 is 23.5 Å². The second kappa shape index (κ2) is 11.8. The van der Waals surface area contributed by atoms with Crippen molar-refractivity contribution in [2.24, 2.45) is 0 Å². The fraction of sp³-hybridized carbons (Fsp3) is 0.367. The lowest BCUT2D eigenvalue weighted by Crippen LogP contribution is -2.27. The number of aromatic hydroxyl groups is 1. The van der Waals surface area contributed by atoms with Crippen LogP contribution in [0.4, 0.5) is 0 Å². The van der Waals surface area contributed by atoms with E-state index in [4.69, 9.17) is 18.4 Å². The Kier molecular flexibility index (Phi) is 8.04. The number of nitrogens with zero attached hydrogens (tertiary/aromatic N) is 5. The van der Waals surface area contributed by atoms with Crippen LogP contribution in [-0.2, 0) is 12.8 Å². The molecule has 0 atom stereocenters. The van der Waals surface area contributed by atoms with Crippen LogP contribution in [0.3, 0.4) is 0 Å². The maximum Gasteiger partial charge on any atom is 0.275 e. The number of aromatic nitrogens is 5. The van der Waals surface area contributed by atoms with Crippen LogP contribution in [0, 0.1) is 0 Å². The molecule has 0 radical (unpaired) electrons. The number of fused-ring (bicyclic) bond motifs is 1. The zero-order chi connectivity index (χ0) is 29.1. The molecular weight excluding hydrogens is 526 g/mol. The van der Waals surface area contributed by atoms with Gasteiger partial charge in [0, 0.05) is 11.8 Å². The minimum Gasteiger partial charge on any atom is -0.493 e. The summed E-state index contributed by atoms with van der Waals surface area (Å²) in [5.41, 5.74) is 0.841. The van der Waals surface area contributed by atoms with E-state index in [1.54, 1.807) is 12.1 Å². The van der Waals surface area contributed by atoms with E-state index in [1.165, 1.54) is 4.57 Å². The molecule has 3 aromatic heterocycles. The lowest BCUT2D eigenvalue weighted by atomic mass is 10.2. The minimum absolute atomic E-state index is 0.160. The Labute approximate surface area is 236 Å². The molecule has 0 aliphatic carbocycles. The highest BCUT2D eigenvalue weighted by Gasteiger charge is 2.27. The summed E-state index contributed by atoms with van der Waals surface area (Å²) in [5, 5.41) is 24.1. The molecule has 0 saturated heterocycles. The Morgan fingerprint density at radius 2 is 1.68 bits per heavy atom. The number of hydrogen-bond acceptors (Lipinski definition) is 10. The highest BCUT2D eigenvalue weighted by molar-refractivity contribution is 5.79. The van der Waals surface area contributed by atoms with E-state index in [9.17, 15) is 9.90 Å². The van der Waals surface area contributed by atoms with Gasteiger partial charge in [0.25, 0.3) is 11.4 Å². The lowest BCUT2D eigenvalue weighted by molar-refractivity contribution is 0.227. The Balaban J connectivity index is 1.65. The van der Waals surface area contributed by atoms with Crippen molar-refractivity contribution in [3.63, 3.8) is 0 Å². The van der Waals surface area contributed by atoms with Crippen molar-refractivity contribution in [3.8, 4) is 34.5 Å². The first-order valence-corrected chi connectivity index (χ1v) is 13.7. The van der Waals surface area contributed by atoms with Gasteiger partial charge in [-0.3, -0.25) is 9.36 Å². The molecule has 1 N–H and O–H groups in total. The maximum atomic E-state index is 14.2. The molecule has 0 aliphatic rings. The van der Waals surface area contributed by atoms with Gasteiger partial charge in [-0.05, 0) is 58.4 Å². The molecule has 0 spiro atoms. The van der Waals surface area contributed by atoms with Crippen molar-refractivity contribution in [1.29, 1.82) is 0 Å². The van der Waals surface area contributed by atoms with Crippen LogP contribution in [0.15, 0.2) is 56.2 Å². The summed E-state index contributed by atoms with van der Waals surface area (Å²) in [7, 11) is 0. The van der Waals surface area contributed by atoms with Crippen molar-refractivity contribution in [3.05, 3.63) is 70.2 Å². The first-order chi connectivity index (χ1) is 19.8. The van der Waals surface area contributed by atoms with Gasteiger partial charge in [-0.1, -0.05) is 36.7 Å². The van der Waals surface area contributed by atoms with Crippen LogP contribution >= 0.6 is 0 Å². The van der Waals surface area contributed by atoms with E-state index in [2.05, 4.69) is 20.3 Å². The fourth-order valence-electron chi connectivity index (χ4n) is 4.53. The summed E-state index contributed by atoms with van der Waals surface area (Å²) < 4.78 is 24.9. The number of para-hydroxylation sites is 2. The second-order valence-electron chi connectivity index (χ2n) is 10.2. The van der Waals surface area contributed by atoms with Crippen LogP contribution in [0.2, 0.25) is 0 Å². The number of hydrogen-bond donors (Lipinski definition) is 1. The zero-order valence-corrected chi connectivity index (χ0v) is 23.7. The van der Waals surface area contributed by atoms with Crippen LogP contribution in [0.25, 0.3) is 28.1 Å². The summed E-state index contributed by atoms with van der Waals surface area (Å²) in [6.45, 7) is 9.65. The van der Waals surface area contributed by atoms with Crippen molar-refractivity contribution in [2.45, 2.75) is 72.5 Å². The van der Waals surface area contributed by atoms with Gasteiger partial charge in [0.15, 0.2) is 11.1 Å². The van der Waals surface area contributed by atoms with Crippen molar-refractivity contribution >= 4 is 11.0 Å². The molecule has 214 valence electrons. The van der Waals surface area contributed by atoms with E-state index in [-0.39, 0.29) is 36.0 Å². The normalized spacial score (nSPS) is 11.6. The van der Waals surface area contributed by atoms with E-state index in [0.29, 0.717) is 40.7 Å². The smallest absolute Gasteiger partial charge is 0.275 e. The van der Waals surface area contributed by atoms with Crippen LogP contribution in [-0.4, -0.2) is 42.2 Å². The zero-order valence-electron chi connectivity index (χ0n) is 23.7. The Morgan fingerprint density at radius 3 is 2.37 bits per heavy atom. The molecule has 2 aromatic carbocycles. The van der Waals surface area contributed by atoms with Gasteiger partial charge < -0.3 is 23.5 Å². The van der Waals surface area contributed by atoms with Gasteiger partial charge in [-0.25, -0.2) is 0 Å². The lowest BCUT2D eigenvalue weighted by Gasteiger charge is -2.22. The number of rotatable bonds is 11. The fourth-order valence-corrected chi connectivity index (χ4v) is 4.53. The van der Waals surface area contributed by atoms with Gasteiger partial charge in [-0.2, -0.15) is 4.98 Å². The molecular formula is C30H33N5O6. The molecule has 0 amide bonds. The second-order valence-corrected chi connectivity index (χ2v) is 10.2. The number of aryl methyl sites for hydroxylation is 1. The van der Waals surface area contributed by atoms with E-state index < -0.39 is 11.4 Å². The van der Waals surface area contributed by atoms with Gasteiger partial charge in [0.05, 0.1) is 18.6 Å². The largest absolute Gasteiger partial charge is 0.493 e. The van der Waals surface area contributed by atoms with E-state index >= 15 is 0 Å². The Morgan fingerprint density at radius 1 is 0.976 bits per heavy atom. The quantitative estimate of drug-likeness (QED) is 0.216. The predicted octanol–water partition coefficient (Wildman–Crippen LogP) is 5.64. The van der Waals surface area contributed by atoms with Gasteiger partial charge in [0.1, 0.15) is 28.7 Å². The Bertz CT molecular complexity index is 1690. The summed E-state index contributed by atoms with van der Waals surface area (Å²) >= 11 is 0. The molecule has 11 nitrogen and oxygen atoms in total. The number of ether oxygens (including phenoxy) is 2. The van der Waals surface area contributed by atoms with Crippen LogP contribution < -0.4 is 15.0 Å². The molecule has 0 fully saturated rings. The van der Waals surface area contributed by atoms with Gasteiger partial charge in [-0.15, -0.1) is 10.2 Å². The standard InChI is InChI=1S/C30H33N5O6/c1-6-7-15-24-31-28(36)26(29-33-32-25(40-29)16-20-19-11-8-9-12-21(19)41-34-20)30(37)35(24)27-22(38-17(2)3)13-10-14-23(27)39-18(4)5/h8-14,17-18,36H,6-7,15-16H2,1-5H3. The molecule has 0 saturated carbocycles. The van der Waals surface area contributed by atoms with Gasteiger partial charge >= 0.3 is 0 Å². The molecule has 3 heterocycles. The first-order valence-electron chi connectivity index (χ1n) is 13.7. The minimum atomic E-state index is -0.584. The number of unbranched alkanes of at least 4 members (excludes halogenated alkanes) is 1. The topological polar surface area (TPSA) is 139 Å². The van der Waals surface area contributed by atoms with Crippen molar-refractivity contribution in [1.82, 2.24) is 24.9 Å². The highest BCUT2D eigenvalue weighted by Crippen LogP contribution is 2.36. The number of benzene rings is 2. The summed E-state index contributed by atoms with van der Waals surface area (Å²) in [4.78, 5) is 18.7. The molecule has 5 rings (SSSR count). The molecule has 11 heteroatoms. The summed E-state index contributed by atoms with van der Waals surface area (Å²) in [6.07, 6.45) is 1.88. The van der Waals surface area contributed by atoms with E-state index in [0.717, 1.165) is 18.2 Å². The monoisotopic (exact) mass is 559 g/mol. The van der Waals surface area contributed by atoms with Gasteiger partial charge in [0.2, 0.25) is 11.8 Å². The molecule has 41 heavy (non-hydrogen) atoms. The molecule has 0 unspecified atom stereocenters. The summed E-state index contributed by atoms with van der Waals surface area (Å²) in [5.74, 6) is 0.800. The third kappa shape index (κ3) is 5.79. The Hall–Kier alpha value is -4.67. The third-order valence-corrected chi connectivity index (χ3v) is 6.25. The molecule has 0 aliphatic heterocycles. The summed E-state index contributed by atoms with van der Waals surface area (Å²) in [6, 6.07) is 12.8. The van der Waals surface area contributed by atoms with Crippen LogP contribution in [0.5, 0.6) is 17.4 Å². The average Bonchev–Trinajstić information content (AvgIpc) is 3.55. The molecule has 5 aromatic rings. The highest BCUT2D eigenvalue weighted by atomic mass is 16.5. The van der Waals surface area contributed by atoms with Crippen molar-refractivity contribution in [2.75, 3.05) is 0 Å². The third-order valence-electron chi connectivity index (χ3n) is 6.25.